The number of amides is 3. The second kappa shape index (κ2) is 7.09. The van der Waals surface area contributed by atoms with Gasteiger partial charge in [-0.25, -0.2) is 9.78 Å². The summed E-state index contributed by atoms with van der Waals surface area (Å²) in [6.45, 7) is 8.62. The average molecular weight is 324 g/mol. The number of carbonyl (C=O) groups is 2. The Balaban J connectivity index is 1.99. The normalized spacial score (nSPS) is 18.1. The maximum absolute atomic E-state index is 12.4. The molecule has 6 nitrogen and oxygen atoms in total. The van der Waals surface area contributed by atoms with Crippen LogP contribution in [-0.2, 0) is 4.79 Å². The molecule has 122 valence electrons. The lowest BCUT2D eigenvalue weighted by Gasteiger charge is -2.24. The SMILES string of the molecule is CC(C)NC(=O)N1CCC[C@H]1C(=O)Nc1ncc(C(C)C)s1. The number of carbonyl (C=O) groups excluding carboxylic acids is 2. The van der Waals surface area contributed by atoms with Crippen molar-refractivity contribution in [3.63, 3.8) is 0 Å². The average Bonchev–Trinajstić information content (AvgIpc) is 3.06. The monoisotopic (exact) mass is 324 g/mol. The Morgan fingerprint density at radius 1 is 1.36 bits per heavy atom. The number of urea groups is 1. The van der Waals surface area contributed by atoms with Gasteiger partial charge >= 0.3 is 6.03 Å². The van der Waals surface area contributed by atoms with Crippen molar-refractivity contribution in [2.75, 3.05) is 11.9 Å². The summed E-state index contributed by atoms with van der Waals surface area (Å²) >= 11 is 1.49. The number of aromatic nitrogens is 1. The van der Waals surface area contributed by atoms with Crippen LogP contribution in [0.3, 0.4) is 0 Å². The minimum absolute atomic E-state index is 0.0596. The quantitative estimate of drug-likeness (QED) is 0.894. The Bertz CT molecular complexity index is 541. The maximum atomic E-state index is 12.4. The Labute approximate surface area is 135 Å². The van der Waals surface area contributed by atoms with E-state index in [0.29, 0.717) is 24.0 Å². The van der Waals surface area contributed by atoms with Crippen molar-refractivity contribution < 1.29 is 9.59 Å². The number of nitrogens with one attached hydrogen (secondary N) is 2. The van der Waals surface area contributed by atoms with Crippen LogP contribution in [0.1, 0.15) is 51.3 Å². The number of thiazole rings is 1. The van der Waals surface area contributed by atoms with Gasteiger partial charge in [0.05, 0.1) is 0 Å². The molecular weight excluding hydrogens is 300 g/mol. The molecule has 0 aliphatic carbocycles. The summed E-state index contributed by atoms with van der Waals surface area (Å²) in [5, 5.41) is 6.29. The van der Waals surface area contributed by atoms with Gasteiger partial charge in [-0.3, -0.25) is 4.79 Å². The van der Waals surface area contributed by atoms with Crippen molar-refractivity contribution in [2.24, 2.45) is 0 Å². The first-order valence-electron chi connectivity index (χ1n) is 7.72. The van der Waals surface area contributed by atoms with Crippen LogP contribution in [0.4, 0.5) is 9.93 Å². The molecule has 0 spiro atoms. The summed E-state index contributed by atoms with van der Waals surface area (Å²) in [6, 6.07) is -0.524. The standard InChI is InChI=1S/C15H24N4O2S/c1-9(2)12-8-16-14(22-12)18-13(20)11-6-5-7-19(11)15(21)17-10(3)4/h8-11H,5-7H2,1-4H3,(H,17,21)(H,16,18,20)/t11-/m0/s1. The second-order valence-corrected chi connectivity index (χ2v) is 7.23. The predicted octanol–water partition coefficient (Wildman–Crippen LogP) is 2.79. The van der Waals surface area contributed by atoms with Gasteiger partial charge in [0.25, 0.3) is 0 Å². The molecule has 2 heterocycles. The smallest absolute Gasteiger partial charge is 0.318 e. The number of nitrogens with zero attached hydrogens (tertiary/aromatic N) is 2. The van der Waals surface area contributed by atoms with Crippen molar-refractivity contribution in [3.05, 3.63) is 11.1 Å². The van der Waals surface area contributed by atoms with Gasteiger partial charge in [-0.2, -0.15) is 0 Å². The molecule has 3 amide bonds. The maximum Gasteiger partial charge on any atom is 0.318 e. The topological polar surface area (TPSA) is 74.3 Å². The van der Waals surface area contributed by atoms with Crippen molar-refractivity contribution in [3.8, 4) is 0 Å². The van der Waals surface area contributed by atoms with Gasteiger partial charge in [-0.05, 0) is 32.6 Å². The third kappa shape index (κ3) is 3.97. The third-order valence-electron chi connectivity index (χ3n) is 3.55. The van der Waals surface area contributed by atoms with Gasteiger partial charge in [0, 0.05) is 23.7 Å². The van der Waals surface area contributed by atoms with E-state index in [2.05, 4.69) is 29.5 Å². The van der Waals surface area contributed by atoms with E-state index in [4.69, 9.17) is 0 Å². The lowest BCUT2D eigenvalue weighted by molar-refractivity contribution is -0.119. The molecule has 7 heteroatoms. The molecule has 0 radical (unpaired) electrons. The Morgan fingerprint density at radius 3 is 2.68 bits per heavy atom. The highest BCUT2D eigenvalue weighted by Gasteiger charge is 2.34. The fourth-order valence-corrected chi connectivity index (χ4v) is 3.23. The van der Waals surface area contributed by atoms with E-state index in [-0.39, 0.29) is 18.0 Å². The van der Waals surface area contributed by atoms with Crippen LogP contribution in [0, 0.1) is 0 Å². The lowest BCUT2D eigenvalue weighted by atomic mass is 10.2. The van der Waals surface area contributed by atoms with E-state index in [1.807, 2.05) is 13.8 Å². The molecule has 1 aromatic heterocycles. The molecule has 1 fully saturated rings. The van der Waals surface area contributed by atoms with Crippen LogP contribution >= 0.6 is 11.3 Å². The Kier molecular flexibility index (Phi) is 5.39. The number of hydrogen-bond acceptors (Lipinski definition) is 4. The number of hydrogen-bond donors (Lipinski definition) is 2. The Hall–Kier alpha value is -1.63. The summed E-state index contributed by atoms with van der Waals surface area (Å²) in [4.78, 5) is 31.6. The van der Waals surface area contributed by atoms with Crippen LogP contribution in [0.5, 0.6) is 0 Å². The predicted molar refractivity (Wildman–Crippen MR) is 88.2 cm³/mol. The first kappa shape index (κ1) is 16.7. The van der Waals surface area contributed by atoms with Crippen molar-refractivity contribution in [1.29, 1.82) is 0 Å². The highest BCUT2D eigenvalue weighted by Crippen LogP contribution is 2.26. The summed E-state index contributed by atoms with van der Waals surface area (Å²) in [5.41, 5.74) is 0. The molecule has 22 heavy (non-hydrogen) atoms. The zero-order valence-electron chi connectivity index (χ0n) is 13.5. The Morgan fingerprint density at radius 2 is 2.09 bits per heavy atom. The van der Waals surface area contributed by atoms with E-state index in [9.17, 15) is 9.59 Å². The van der Waals surface area contributed by atoms with Gasteiger partial charge in [-0.15, -0.1) is 11.3 Å². The first-order chi connectivity index (χ1) is 10.4. The summed E-state index contributed by atoms with van der Waals surface area (Å²) in [5.74, 6) is 0.240. The summed E-state index contributed by atoms with van der Waals surface area (Å²) in [6.07, 6.45) is 3.33. The minimum Gasteiger partial charge on any atom is -0.336 e. The van der Waals surface area contributed by atoms with Crippen molar-refractivity contribution >= 4 is 28.4 Å². The fourth-order valence-electron chi connectivity index (χ4n) is 2.41. The van der Waals surface area contributed by atoms with Crippen LogP contribution in [0.25, 0.3) is 0 Å². The fraction of sp³-hybridized carbons (Fsp3) is 0.667. The van der Waals surface area contributed by atoms with E-state index in [0.717, 1.165) is 11.3 Å². The highest BCUT2D eigenvalue weighted by atomic mass is 32.1. The number of likely N-dealkylation sites (tertiary alicyclic amines) is 1. The second-order valence-electron chi connectivity index (χ2n) is 6.17. The summed E-state index contributed by atoms with van der Waals surface area (Å²) < 4.78 is 0. The summed E-state index contributed by atoms with van der Waals surface area (Å²) in [7, 11) is 0. The molecule has 1 aliphatic rings. The molecule has 0 unspecified atom stereocenters. The molecule has 1 atom stereocenters. The van der Waals surface area contributed by atoms with Crippen LogP contribution in [0.2, 0.25) is 0 Å². The van der Waals surface area contributed by atoms with Gasteiger partial charge < -0.3 is 15.5 Å². The molecule has 2 rings (SSSR count). The van der Waals surface area contributed by atoms with Gasteiger partial charge in [0.2, 0.25) is 5.91 Å². The molecule has 0 aromatic carbocycles. The molecule has 1 saturated heterocycles. The van der Waals surface area contributed by atoms with Crippen molar-refractivity contribution in [2.45, 2.75) is 58.5 Å². The molecule has 1 aromatic rings. The zero-order chi connectivity index (χ0) is 16.3. The van der Waals surface area contributed by atoms with Crippen LogP contribution in [-0.4, -0.2) is 40.5 Å². The van der Waals surface area contributed by atoms with Crippen LogP contribution in [0.15, 0.2) is 6.20 Å². The molecule has 0 saturated carbocycles. The molecule has 0 bridgehead atoms. The zero-order valence-corrected chi connectivity index (χ0v) is 14.4. The van der Waals surface area contributed by atoms with E-state index < -0.39 is 6.04 Å². The first-order valence-corrected chi connectivity index (χ1v) is 8.54. The molecule has 1 aliphatic heterocycles. The highest BCUT2D eigenvalue weighted by molar-refractivity contribution is 7.15. The van der Waals surface area contributed by atoms with E-state index in [1.165, 1.54) is 11.3 Å². The molecule has 2 N–H and O–H groups in total. The minimum atomic E-state index is -0.412. The molecular formula is C15H24N4O2S. The largest absolute Gasteiger partial charge is 0.336 e. The van der Waals surface area contributed by atoms with Crippen LogP contribution < -0.4 is 10.6 Å². The third-order valence-corrected chi connectivity index (χ3v) is 4.76. The lowest BCUT2D eigenvalue weighted by Crippen LogP contribution is -2.49. The van der Waals surface area contributed by atoms with Crippen molar-refractivity contribution in [1.82, 2.24) is 15.2 Å². The van der Waals surface area contributed by atoms with Gasteiger partial charge in [0.15, 0.2) is 5.13 Å². The number of anilines is 1. The van der Waals surface area contributed by atoms with Gasteiger partial charge in [-0.1, -0.05) is 13.8 Å². The van der Waals surface area contributed by atoms with Gasteiger partial charge in [0.1, 0.15) is 6.04 Å². The number of rotatable bonds is 4. The van der Waals surface area contributed by atoms with E-state index in [1.54, 1.807) is 11.1 Å². The van der Waals surface area contributed by atoms with E-state index >= 15 is 0 Å².